The van der Waals surface area contributed by atoms with Gasteiger partial charge >= 0.3 is 0 Å². The van der Waals surface area contributed by atoms with Crippen molar-refractivity contribution in [1.29, 1.82) is 0 Å². The maximum Gasteiger partial charge on any atom is 0.267 e. The highest BCUT2D eigenvalue weighted by Gasteiger charge is 2.17. The second-order valence-electron chi connectivity index (χ2n) is 7.84. The Balaban J connectivity index is 1.59. The van der Waals surface area contributed by atoms with Crippen LogP contribution in [-0.4, -0.2) is 45.3 Å². The van der Waals surface area contributed by atoms with Gasteiger partial charge in [-0.1, -0.05) is 25.3 Å². The molecule has 1 saturated carbocycles. The van der Waals surface area contributed by atoms with Crippen LogP contribution in [0.2, 0.25) is 0 Å². The zero-order valence-electron chi connectivity index (χ0n) is 19.2. The third-order valence-electron chi connectivity index (χ3n) is 5.48. The minimum atomic E-state index is -0.408. The number of benzene rings is 1. The average Bonchev–Trinajstić information content (AvgIpc) is 3.36. The molecule has 1 aliphatic rings. The van der Waals surface area contributed by atoms with Gasteiger partial charge in [-0.05, 0) is 55.0 Å². The highest BCUT2D eigenvalue weighted by atomic mass is 32.1. The van der Waals surface area contributed by atoms with Crippen molar-refractivity contribution in [1.82, 2.24) is 10.6 Å². The van der Waals surface area contributed by atoms with E-state index >= 15 is 0 Å². The van der Waals surface area contributed by atoms with Gasteiger partial charge in [0.05, 0.1) is 20.3 Å². The second-order valence-corrected chi connectivity index (χ2v) is 8.82. The van der Waals surface area contributed by atoms with Crippen molar-refractivity contribution in [2.24, 2.45) is 0 Å². The van der Waals surface area contributed by atoms with Gasteiger partial charge < -0.3 is 24.8 Å². The molecule has 8 heteroatoms. The van der Waals surface area contributed by atoms with Crippen LogP contribution in [0.15, 0.2) is 41.4 Å². The van der Waals surface area contributed by atoms with E-state index in [-0.39, 0.29) is 11.6 Å². The fourth-order valence-corrected chi connectivity index (χ4v) is 4.35. The number of hydrogen-bond acceptors (Lipinski definition) is 6. The smallest absolute Gasteiger partial charge is 0.267 e. The highest BCUT2D eigenvalue weighted by molar-refractivity contribution is 7.10. The Morgan fingerprint density at radius 1 is 1.09 bits per heavy atom. The van der Waals surface area contributed by atoms with Crippen LogP contribution in [0.1, 0.15) is 53.8 Å². The van der Waals surface area contributed by atoms with Crippen LogP contribution in [0.25, 0.3) is 6.08 Å². The molecule has 1 aliphatic carbocycles. The summed E-state index contributed by atoms with van der Waals surface area (Å²) in [6.45, 7) is 1.09. The summed E-state index contributed by atoms with van der Waals surface area (Å²) in [5.41, 5.74) is 0.545. The molecule has 3 rings (SSSR count). The van der Waals surface area contributed by atoms with Gasteiger partial charge in [0.1, 0.15) is 5.70 Å². The summed E-state index contributed by atoms with van der Waals surface area (Å²) in [7, 11) is 3.04. The predicted molar refractivity (Wildman–Crippen MR) is 130 cm³/mol. The molecular weight excluding hydrogens is 440 g/mol. The Bertz CT molecular complexity index is 936. The predicted octanol–water partition coefficient (Wildman–Crippen LogP) is 4.39. The number of nitrogens with one attached hydrogen (secondary N) is 2. The molecule has 1 aromatic heterocycles. The average molecular weight is 473 g/mol. The van der Waals surface area contributed by atoms with E-state index in [4.69, 9.17) is 14.2 Å². The zero-order valence-corrected chi connectivity index (χ0v) is 20.0. The standard InChI is InChI=1S/C25H32N2O5S/c1-30-22-12-11-18(16-23(22)31-2)24(28)27-21(17-20-10-6-15-33-20)25(29)26-13-7-14-32-19-8-4-3-5-9-19/h6,10-12,15-17,19H,3-5,7-9,13-14H2,1-2H3,(H,26,29)(H,27,28)/b21-17-. The van der Waals surface area contributed by atoms with E-state index in [0.717, 1.165) is 24.1 Å². The number of amides is 2. The summed E-state index contributed by atoms with van der Waals surface area (Å²) >= 11 is 1.49. The molecule has 1 heterocycles. The van der Waals surface area contributed by atoms with Gasteiger partial charge in [-0.15, -0.1) is 11.3 Å². The molecule has 0 unspecified atom stereocenters. The van der Waals surface area contributed by atoms with Crippen molar-refractivity contribution in [3.05, 3.63) is 51.8 Å². The fraction of sp³-hybridized carbons (Fsp3) is 0.440. The van der Waals surface area contributed by atoms with Crippen LogP contribution in [0, 0.1) is 0 Å². The van der Waals surface area contributed by atoms with E-state index in [1.165, 1.54) is 44.8 Å². The molecule has 0 atom stereocenters. The Hall–Kier alpha value is -2.84. The van der Waals surface area contributed by atoms with Crippen molar-refractivity contribution in [3.63, 3.8) is 0 Å². The molecule has 2 N–H and O–H groups in total. The number of carbonyl (C=O) groups is 2. The molecule has 0 bridgehead atoms. The Labute approximate surface area is 199 Å². The van der Waals surface area contributed by atoms with Crippen molar-refractivity contribution < 1.29 is 23.8 Å². The lowest BCUT2D eigenvalue weighted by Gasteiger charge is -2.22. The zero-order chi connectivity index (χ0) is 23.5. The van der Waals surface area contributed by atoms with Crippen molar-refractivity contribution >= 4 is 29.2 Å². The maximum atomic E-state index is 12.9. The quantitative estimate of drug-likeness (QED) is 0.374. The van der Waals surface area contributed by atoms with E-state index in [2.05, 4.69) is 10.6 Å². The summed E-state index contributed by atoms with van der Waals surface area (Å²) in [4.78, 5) is 26.6. The van der Waals surface area contributed by atoms with Gasteiger partial charge in [0.25, 0.3) is 11.8 Å². The molecule has 0 aliphatic heterocycles. The first-order chi connectivity index (χ1) is 16.1. The van der Waals surface area contributed by atoms with E-state index in [1.54, 1.807) is 24.3 Å². The number of rotatable bonds is 11. The van der Waals surface area contributed by atoms with Crippen LogP contribution >= 0.6 is 11.3 Å². The third-order valence-corrected chi connectivity index (χ3v) is 6.30. The molecular formula is C25H32N2O5S. The second kappa shape index (κ2) is 13.0. The lowest BCUT2D eigenvalue weighted by molar-refractivity contribution is -0.117. The first-order valence-electron chi connectivity index (χ1n) is 11.3. The Morgan fingerprint density at radius 3 is 2.58 bits per heavy atom. The first kappa shape index (κ1) is 24.8. The van der Waals surface area contributed by atoms with Crippen LogP contribution < -0.4 is 20.1 Å². The van der Waals surface area contributed by atoms with E-state index in [0.29, 0.717) is 36.3 Å². The normalized spacial score (nSPS) is 14.5. The van der Waals surface area contributed by atoms with Crippen LogP contribution in [0.4, 0.5) is 0 Å². The minimum absolute atomic E-state index is 0.186. The summed E-state index contributed by atoms with van der Waals surface area (Å²) in [5.74, 6) is 0.220. The van der Waals surface area contributed by atoms with Crippen LogP contribution in [0.3, 0.4) is 0 Å². The van der Waals surface area contributed by atoms with Gasteiger partial charge in [-0.2, -0.15) is 0 Å². The topological polar surface area (TPSA) is 85.9 Å². The Morgan fingerprint density at radius 2 is 1.88 bits per heavy atom. The molecule has 33 heavy (non-hydrogen) atoms. The van der Waals surface area contributed by atoms with Crippen molar-refractivity contribution in [2.75, 3.05) is 27.4 Å². The summed E-state index contributed by atoms with van der Waals surface area (Å²) in [6, 6.07) is 8.64. The fourth-order valence-electron chi connectivity index (χ4n) is 3.70. The highest BCUT2D eigenvalue weighted by Crippen LogP contribution is 2.27. The van der Waals surface area contributed by atoms with Gasteiger partial charge in [0.2, 0.25) is 0 Å². The molecule has 178 valence electrons. The van der Waals surface area contributed by atoms with Gasteiger partial charge in [-0.25, -0.2) is 0 Å². The SMILES string of the molecule is COc1ccc(C(=O)N/C(=C\c2cccs2)C(=O)NCCCOC2CCCCC2)cc1OC. The van der Waals surface area contributed by atoms with E-state index in [9.17, 15) is 9.59 Å². The van der Waals surface area contributed by atoms with E-state index in [1.807, 2.05) is 17.5 Å². The number of hydrogen-bond donors (Lipinski definition) is 2. The molecule has 2 amide bonds. The van der Waals surface area contributed by atoms with Crippen LogP contribution in [0.5, 0.6) is 11.5 Å². The van der Waals surface area contributed by atoms with Crippen molar-refractivity contribution in [2.45, 2.75) is 44.6 Å². The van der Waals surface area contributed by atoms with Crippen molar-refractivity contribution in [3.8, 4) is 11.5 Å². The lowest BCUT2D eigenvalue weighted by atomic mass is 9.98. The molecule has 0 saturated heterocycles. The maximum absolute atomic E-state index is 12.9. The minimum Gasteiger partial charge on any atom is -0.493 e. The van der Waals surface area contributed by atoms with Crippen LogP contribution in [-0.2, 0) is 9.53 Å². The molecule has 0 spiro atoms. The molecule has 0 radical (unpaired) electrons. The molecule has 2 aromatic rings. The molecule has 1 fully saturated rings. The summed E-state index contributed by atoms with van der Waals surface area (Å²) in [6.07, 6.45) is 8.77. The first-order valence-corrected chi connectivity index (χ1v) is 12.2. The third kappa shape index (κ3) is 7.61. The summed E-state index contributed by atoms with van der Waals surface area (Å²) in [5, 5.41) is 7.55. The largest absolute Gasteiger partial charge is 0.493 e. The summed E-state index contributed by atoms with van der Waals surface area (Å²) < 4.78 is 16.4. The number of thiophene rings is 1. The number of ether oxygens (including phenoxy) is 3. The Kier molecular flexibility index (Phi) is 9.77. The van der Waals surface area contributed by atoms with Gasteiger partial charge in [0, 0.05) is 23.6 Å². The molecule has 7 nitrogen and oxygen atoms in total. The molecule has 1 aromatic carbocycles. The number of carbonyl (C=O) groups excluding carboxylic acids is 2. The van der Waals surface area contributed by atoms with E-state index < -0.39 is 5.91 Å². The monoisotopic (exact) mass is 472 g/mol. The van der Waals surface area contributed by atoms with Gasteiger partial charge in [-0.3, -0.25) is 9.59 Å². The lowest BCUT2D eigenvalue weighted by Crippen LogP contribution is -2.35. The van der Waals surface area contributed by atoms with Gasteiger partial charge in [0.15, 0.2) is 11.5 Å². The number of methoxy groups -OCH3 is 2.